The van der Waals surface area contributed by atoms with E-state index in [1.807, 2.05) is 0 Å². The summed E-state index contributed by atoms with van der Waals surface area (Å²) in [5.41, 5.74) is 0. The lowest BCUT2D eigenvalue weighted by molar-refractivity contribution is -0.270. The van der Waals surface area contributed by atoms with Gasteiger partial charge in [0.2, 0.25) is 0 Å². The number of hydrogen-bond donors (Lipinski definition) is 1. The van der Waals surface area contributed by atoms with Crippen molar-refractivity contribution in [2.75, 3.05) is 0 Å². The van der Waals surface area contributed by atoms with Gasteiger partial charge in [0, 0.05) is 6.04 Å². The highest BCUT2D eigenvalue weighted by molar-refractivity contribution is 5.84. The van der Waals surface area contributed by atoms with Crippen LogP contribution in [0.3, 0.4) is 0 Å². The zero-order chi connectivity index (χ0) is 12.6. The highest BCUT2D eigenvalue weighted by atomic mass is 19.4. The largest absolute Gasteiger partial charge is 0.463 e. The molecule has 1 amide bonds. The summed E-state index contributed by atoms with van der Waals surface area (Å²) >= 11 is 0. The molecule has 0 radical (unpaired) electrons. The average molecular weight is 245 g/mol. The molecule has 1 aliphatic rings. The molecule has 0 heterocycles. The van der Waals surface area contributed by atoms with Crippen molar-refractivity contribution in [1.82, 2.24) is 5.32 Å². The van der Waals surface area contributed by atoms with Gasteiger partial charge in [0.05, 0.1) is 0 Å². The van der Waals surface area contributed by atoms with Crippen molar-refractivity contribution in [3.8, 4) is 0 Å². The molecule has 1 saturated carbocycles. The topological polar surface area (TPSA) is 29.1 Å². The SMILES string of the molecule is CC(NC(=O)C(F)(F)C(F)(F)F)C1CCC1. The van der Waals surface area contributed by atoms with Crippen LogP contribution in [0, 0.1) is 5.92 Å². The van der Waals surface area contributed by atoms with E-state index < -0.39 is 24.0 Å². The predicted octanol–water partition coefficient (Wildman–Crippen LogP) is 2.49. The minimum atomic E-state index is -5.84. The van der Waals surface area contributed by atoms with E-state index in [4.69, 9.17) is 0 Å². The average Bonchev–Trinajstić information content (AvgIpc) is 1.97. The van der Waals surface area contributed by atoms with E-state index in [1.165, 1.54) is 6.92 Å². The number of carbonyl (C=O) groups is 1. The molecule has 1 aliphatic carbocycles. The van der Waals surface area contributed by atoms with Crippen molar-refractivity contribution < 1.29 is 26.7 Å². The lowest BCUT2D eigenvalue weighted by Gasteiger charge is -2.32. The Morgan fingerprint density at radius 1 is 1.25 bits per heavy atom. The third kappa shape index (κ3) is 2.44. The van der Waals surface area contributed by atoms with Crippen LogP contribution in [0.1, 0.15) is 26.2 Å². The normalized spacial score (nSPS) is 20.1. The summed E-state index contributed by atoms with van der Waals surface area (Å²) in [4.78, 5) is 10.8. The lowest BCUT2D eigenvalue weighted by atomic mass is 9.80. The third-order valence-corrected chi connectivity index (χ3v) is 2.86. The van der Waals surface area contributed by atoms with Gasteiger partial charge in [-0.2, -0.15) is 22.0 Å². The van der Waals surface area contributed by atoms with Gasteiger partial charge < -0.3 is 5.32 Å². The minimum Gasteiger partial charge on any atom is -0.348 e. The Morgan fingerprint density at radius 2 is 1.75 bits per heavy atom. The molecule has 0 bridgehead atoms. The number of nitrogens with one attached hydrogen (secondary N) is 1. The molecule has 0 aromatic rings. The number of amides is 1. The molecule has 1 N–H and O–H groups in total. The van der Waals surface area contributed by atoms with E-state index in [9.17, 15) is 26.7 Å². The van der Waals surface area contributed by atoms with Crippen molar-refractivity contribution in [3.63, 3.8) is 0 Å². The molecule has 16 heavy (non-hydrogen) atoms. The number of alkyl halides is 5. The molecule has 1 atom stereocenters. The molecule has 1 fully saturated rings. The Kier molecular flexibility index (Phi) is 3.44. The van der Waals surface area contributed by atoms with Crippen molar-refractivity contribution in [2.24, 2.45) is 5.92 Å². The minimum absolute atomic E-state index is 0.00739. The number of hydrogen-bond acceptors (Lipinski definition) is 1. The molecule has 1 rings (SSSR count). The molecule has 1 unspecified atom stereocenters. The zero-order valence-electron chi connectivity index (χ0n) is 8.57. The second-order valence-corrected chi connectivity index (χ2v) is 4.03. The van der Waals surface area contributed by atoms with Crippen molar-refractivity contribution in [3.05, 3.63) is 0 Å². The number of carbonyl (C=O) groups excluding carboxylic acids is 1. The van der Waals surface area contributed by atoms with Crippen molar-refractivity contribution >= 4 is 5.91 Å². The van der Waals surface area contributed by atoms with Gasteiger partial charge in [0.25, 0.3) is 0 Å². The van der Waals surface area contributed by atoms with Crippen LogP contribution in [0.15, 0.2) is 0 Å². The van der Waals surface area contributed by atoms with Gasteiger partial charge in [-0.25, -0.2) is 0 Å². The first-order valence-corrected chi connectivity index (χ1v) is 4.91. The second kappa shape index (κ2) is 4.18. The van der Waals surface area contributed by atoms with Crippen LogP contribution >= 0.6 is 0 Å². The van der Waals surface area contributed by atoms with Gasteiger partial charge >= 0.3 is 18.0 Å². The predicted molar refractivity (Wildman–Crippen MR) is 45.9 cm³/mol. The summed E-state index contributed by atoms with van der Waals surface area (Å²) in [6.07, 6.45) is -3.42. The lowest BCUT2D eigenvalue weighted by Crippen LogP contribution is -2.54. The summed E-state index contributed by atoms with van der Waals surface area (Å²) in [5.74, 6) is -7.57. The van der Waals surface area contributed by atoms with E-state index in [-0.39, 0.29) is 5.92 Å². The Morgan fingerprint density at radius 3 is 2.06 bits per heavy atom. The molecule has 0 aromatic heterocycles. The van der Waals surface area contributed by atoms with Gasteiger partial charge in [0.1, 0.15) is 0 Å². The van der Waals surface area contributed by atoms with Gasteiger partial charge in [-0.3, -0.25) is 4.79 Å². The maximum absolute atomic E-state index is 12.5. The summed E-state index contributed by atoms with van der Waals surface area (Å²) in [7, 11) is 0. The molecule has 7 heteroatoms. The standard InChI is InChI=1S/C9H12F5NO/c1-5(6-3-2-4-6)15-7(16)8(10,11)9(12,13)14/h5-6H,2-4H2,1H3,(H,15,16). The van der Waals surface area contributed by atoms with E-state index >= 15 is 0 Å². The summed E-state index contributed by atoms with van der Waals surface area (Å²) < 4.78 is 60.5. The third-order valence-electron chi connectivity index (χ3n) is 2.86. The monoisotopic (exact) mass is 245 g/mol. The maximum atomic E-state index is 12.5. The molecule has 94 valence electrons. The Balaban J connectivity index is 2.57. The van der Waals surface area contributed by atoms with E-state index in [0.717, 1.165) is 19.3 Å². The van der Waals surface area contributed by atoms with Crippen LogP contribution < -0.4 is 5.32 Å². The van der Waals surface area contributed by atoms with Gasteiger partial charge in [-0.1, -0.05) is 6.42 Å². The van der Waals surface area contributed by atoms with Crippen LogP contribution in [0.2, 0.25) is 0 Å². The first kappa shape index (κ1) is 13.2. The maximum Gasteiger partial charge on any atom is 0.463 e. The fraction of sp³-hybridized carbons (Fsp3) is 0.889. The first-order chi connectivity index (χ1) is 7.16. The van der Waals surface area contributed by atoms with Crippen molar-refractivity contribution in [2.45, 2.75) is 44.3 Å². The van der Waals surface area contributed by atoms with E-state index in [2.05, 4.69) is 0 Å². The molecule has 0 saturated heterocycles. The quantitative estimate of drug-likeness (QED) is 0.760. The molecule has 0 spiro atoms. The van der Waals surface area contributed by atoms with Crippen LogP contribution in [0.4, 0.5) is 22.0 Å². The Labute approximate surface area is 89.2 Å². The highest BCUT2D eigenvalue weighted by Crippen LogP contribution is 2.36. The molecule has 2 nitrogen and oxygen atoms in total. The van der Waals surface area contributed by atoms with Crippen molar-refractivity contribution in [1.29, 1.82) is 0 Å². The summed E-state index contributed by atoms with van der Waals surface area (Å²) in [6, 6.07) is -0.644. The van der Waals surface area contributed by atoms with E-state index in [1.54, 1.807) is 5.32 Å². The van der Waals surface area contributed by atoms with Crippen LogP contribution in [-0.2, 0) is 4.79 Å². The number of rotatable bonds is 3. The number of halogens is 5. The van der Waals surface area contributed by atoms with E-state index in [0.29, 0.717) is 0 Å². The van der Waals surface area contributed by atoms with Gasteiger partial charge in [0.15, 0.2) is 0 Å². The molecule has 0 aromatic carbocycles. The van der Waals surface area contributed by atoms with Gasteiger partial charge in [-0.15, -0.1) is 0 Å². The Hall–Kier alpha value is -0.880. The van der Waals surface area contributed by atoms with Crippen LogP contribution in [0.25, 0.3) is 0 Å². The fourth-order valence-corrected chi connectivity index (χ4v) is 1.48. The van der Waals surface area contributed by atoms with Gasteiger partial charge in [-0.05, 0) is 25.7 Å². The fourth-order valence-electron chi connectivity index (χ4n) is 1.48. The summed E-state index contributed by atoms with van der Waals surface area (Å²) in [5, 5.41) is 1.72. The van der Waals surface area contributed by atoms with Crippen LogP contribution in [0.5, 0.6) is 0 Å². The highest BCUT2D eigenvalue weighted by Gasteiger charge is 2.63. The second-order valence-electron chi connectivity index (χ2n) is 4.03. The van der Waals surface area contributed by atoms with Crippen LogP contribution in [-0.4, -0.2) is 24.0 Å². The molecule has 0 aliphatic heterocycles. The molecular formula is C9H12F5NO. The zero-order valence-corrected chi connectivity index (χ0v) is 8.57. The summed E-state index contributed by atoms with van der Waals surface area (Å²) in [6.45, 7) is 1.44. The smallest absolute Gasteiger partial charge is 0.348 e. The molecular weight excluding hydrogens is 233 g/mol. The Bertz CT molecular complexity index is 272. The first-order valence-electron chi connectivity index (χ1n) is 4.91.